The number of hydrogen-bond acceptors (Lipinski definition) is 7. The van der Waals surface area contributed by atoms with E-state index in [0.717, 1.165) is 15.4 Å². The van der Waals surface area contributed by atoms with Crippen LogP contribution in [-0.2, 0) is 6.61 Å². The van der Waals surface area contributed by atoms with E-state index in [0.29, 0.717) is 56.7 Å². The van der Waals surface area contributed by atoms with Gasteiger partial charge in [0.2, 0.25) is 12.6 Å². The molecule has 3 heterocycles. The minimum absolute atomic E-state index is 0.216. The third-order valence-corrected chi connectivity index (χ3v) is 7.35. The number of para-hydroxylation sites is 1. The smallest absolute Gasteiger partial charge is 0.282 e. The Balaban J connectivity index is 1.20. The summed E-state index contributed by atoms with van der Waals surface area (Å²) in [6, 6.07) is 25.6. The van der Waals surface area contributed by atoms with Crippen molar-refractivity contribution in [3.05, 3.63) is 116 Å². The van der Waals surface area contributed by atoms with Crippen molar-refractivity contribution in [1.82, 2.24) is 9.66 Å². The van der Waals surface area contributed by atoms with Crippen molar-refractivity contribution >= 4 is 55.6 Å². The molecule has 0 spiro atoms. The van der Waals surface area contributed by atoms with Gasteiger partial charge < -0.3 is 18.6 Å². The molecule has 0 unspecified atom stereocenters. The molecule has 0 N–H and O–H groups in total. The minimum atomic E-state index is -0.321. The van der Waals surface area contributed by atoms with Crippen LogP contribution in [0.4, 0.5) is 0 Å². The fraction of sp³-hybridized carbons (Fsp3) is 0.0645. The second-order valence-corrected chi connectivity index (χ2v) is 10.6. The predicted octanol–water partition coefficient (Wildman–Crippen LogP) is 7.42. The van der Waals surface area contributed by atoms with E-state index >= 15 is 0 Å². The maximum atomic E-state index is 13.5. The highest BCUT2D eigenvalue weighted by Crippen LogP contribution is 2.34. The summed E-state index contributed by atoms with van der Waals surface area (Å²) < 4.78 is 24.9. The quantitative estimate of drug-likeness (QED) is 0.179. The van der Waals surface area contributed by atoms with Gasteiger partial charge in [0.1, 0.15) is 17.9 Å². The van der Waals surface area contributed by atoms with Gasteiger partial charge in [0.25, 0.3) is 5.56 Å². The first-order valence-corrected chi connectivity index (χ1v) is 13.8. The molecule has 8 nitrogen and oxygen atoms in total. The van der Waals surface area contributed by atoms with Crippen LogP contribution in [0.3, 0.4) is 0 Å². The van der Waals surface area contributed by atoms with Crippen molar-refractivity contribution in [2.45, 2.75) is 6.61 Å². The lowest BCUT2D eigenvalue weighted by molar-refractivity contribution is 0.174. The van der Waals surface area contributed by atoms with Crippen LogP contribution in [-0.4, -0.2) is 22.7 Å². The standard InChI is InChI=1S/C31H19BrClN3O5/c32-21-7-10-25-20(13-21)14-29(41-25)30-35-24-4-2-1-3-22(24)31(37)36(30)34-15-18-5-8-26(23(33)11-18)38-16-19-6-9-27-28(12-19)40-17-39-27/h1-15H,16-17H2. The van der Waals surface area contributed by atoms with E-state index < -0.39 is 0 Å². The molecule has 202 valence electrons. The van der Waals surface area contributed by atoms with Crippen molar-refractivity contribution in [1.29, 1.82) is 0 Å². The number of fused-ring (bicyclic) bond motifs is 3. The first-order valence-electron chi connectivity index (χ1n) is 12.6. The lowest BCUT2D eigenvalue weighted by atomic mass is 10.2. The largest absolute Gasteiger partial charge is 0.487 e. The molecule has 1 aliphatic heterocycles. The molecule has 0 saturated carbocycles. The third kappa shape index (κ3) is 4.94. The van der Waals surface area contributed by atoms with Gasteiger partial charge in [-0.05, 0) is 77.9 Å². The van der Waals surface area contributed by atoms with Gasteiger partial charge in [0, 0.05) is 9.86 Å². The summed E-state index contributed by atoms with van der Waals surface area (Å²) in [6.45, 7) is 0.521. The number of ether oxygens (including phenoxy) is 3. The SMILES string of the molecule is O=c1c2ccccc2nc(-c2cc3cc(Br)ccc3o2)n1N=Cc1ccc(OCc2ccc3c(c2)OCO3)c(Cl)c1. The summed E-state index contributed by atoms with van der Waals surface area (Å²) in [4.78, 5) is 18.2. The molecule has 1 aliphatic rings. The van der Waals surface area contributed by atoms with Crippen LogP contribution in [0.1, 0.15) is 11.1 Å². The average molecular weight is 629 g/mol. The molecule has 7 rings (SSSR count). The van der Waals surface area contributed by atoms with Crippen molar-refractivity contribution in [2.24, 2.45) is 5.10 Å². The first kappa shape index (κ1) is 25.4. The maximum absolute atomic E-state index is 13.5. The number of rotatable bonds is 6. The van der Waals surface area contributed by atoms with E-state index in [2.05, 4.69) is 21.0 Å². The van der Waals surface area contributed by atoms with Crippen LogP contribution in [0.5, 0.6) is 17.2 Å². The van der Waals surface area contributed by atoms with Crippen LogP contribution in [0.15, 0.2) is 104 Å². The number of furan rings is 1. The Morgan fingerprint density at radius 2 is 1.88 bits per heavy atom. The van der Waals surface area contributed by atoms with Crippen LogP contribution in [0.2, 0.25) is 5.02 Å². The van der Waals surface area contributed by atoms with Crippen LogP contribution >= 0.6 is 27.5 Å². The van der Waals surface area contributed by atoms with Gasteiger partial charge in [0.05, 0.1) is 22.1 Å². The zero-order valence-electron chi connectivity index (χ0n) is 21.2. The number of aromatic nitrogens is 2. The van der Waals surface area contributed by atoms with Crippen LogP contribution < -0.4 is 19.8 Å². The highest BCUT2D eigenvalue weighted by Gasteiger charge is 2.17. The molecule has 0 fully saturated rings. The van der Waals surface area contributed by atoms with Crippen molar-refractivity contribution in [3.63, 3.8) is 0 Å². The average Bonchev–Trinajstić information content (AvgIpc) is 3.62. The molecular weight excluding hydrogens is 610 g/mol. The Labute approximate surface area is 246 Å². The molecule has 0 atom stereocenters. The summed E-state index contributed by atoms with van der Waals surface area (Å²) in [5.74, 6) is 2.63. The van der Waals surface area contributed by atoms with E-state index in [-0.39, 0.29) is 18.2 Å². The summed E-state index contributed by atoms with van der Waals surface area (Å²) in [5.41, 5.74) is 2.49. The minimum Gasteiger partial charge on any atom is -0.487 e. The Morgan fingerprint density at radius 3 is 2.78 bits per heavy atom. The van der Waals surface area contributed by atoms with Gasteiger partial charge in [-0.1, -0.05) is 45.7 Å². The molecule has 4 aromatic carbocycles. The van der Waals surface area contributed by atoms with Crippen molar-refractivity contribution in [2.75, 3.05) is 6.79 Å². The summed E-state index contributed by atoms with van der Waals surface area (Å²) >= 11 is 10.0. The summed E-state index contributed by atoms with van der Waals surface area (Å²) in [7, 11) is 0. The molecule has 6 aromatic rings. The molecule has 0 saturated heterocycles. The van der Waals surface area contributed by atoms with E-state index in [1.165, 1.54) is 4.68 Å². The molecule has 2 aromatic heterocycles. The predicted molar refractivity (Wildman–Crippen MR) is 160 cm³/mol. The second kappa shape index (κ2) is 10.4. The normalized spacial score (nSPS) is 12.5. The van der Waals surface area contributed by atoms with E-state index in [1.54, 1.807) is 36.5 Å². The van der Waals surface area contributed by atoms with Gasteiger partial charge >= 0.3 is 0 Å². The van der Waals surface area contributed by atoms with E-state index in [9.17, 15) is 4.79 Å². The second-order valence-electron chi connectivity index (χ2n) is 9.27. The highest BCUT2D eigenvalue weighted by atomic mass is 79.9. The Morgan fingerprint density at radius 1 is 1.00 bits per heavy atom. The molecular formula is C31H19BrClN3O5. The molecule has 10 heteroatoms. The maximum Gasteiger partial charge on any atom is 0.282 e. The van der Waals surface area contributed by atoms with Gasteiger partial charge in [-0.3, -0.25) is 4.79 Å². The van der Waals surface area contributed by atoms with E-state index in [1.807, 2.05) is 54.6 Å². The first-order chi connectivity index (χ1) is 20.0. The Hall–Kier alpha value is -4.60. The topological polar surface area (TPSA) is 88.1 Å². The molecule has 0 radical (unpaired) electrons. The highest BCUT2D eigenvalue weighted by molar-refractivity contribution is 9.10. The van der Waals surface area contributed by atoms with E-state index in [4.69, 9.17) is 35.2 Å². The lowest BCUT2D eigenvalue weighted by Crippen LogP contribution is -2.20. The zero-order valence-corrected chi connectivity index (χ0v) is 23.6. The van der Waals surface area contributed by atoms with Crippen molar-refractivity contribution in [3.8, 4) is 28.8 Å². The fourth-order valence-corrected chi connectivity index (χ4v) is 5.17. The molecule has 41 heavy (non-hydrogen) atoms. The van der Waals surface area contributed by atoms with Gasteiger partial charge in [-0.2, -0.15) is 9.78 Å². The van der Waals surface area contributed by atoms with Crippen LogP contribution in [0, 0.1) is 0 Å². The van der Waals surface area contributed by atoms with Gasteiger partial charge in [-0.15, -0.1) is 0 Å². The summed E-state index contributed by atoms with van der Waals surface area (Å²) in [6.07, 6.45) is 1.55. The zero-order chi connectivity index (χ0) is 27.9. The molecule has 0 aliphatic carbocycles. The van der Waals surface area contributed by atoms with Gasteiger partial charge in [0.15, 0.2) is 17.3 Å². The van der Waals surface area contributed by atoms with Crippen molar-refractivity contribution < 1.29 is 18.6 Å². The number of benzene rings is 4. The van der Waals surface area contributed by atoms with Gasteiger partial charge in [-0.25, -0.2) is 4.98 Å². The Bertz CT molecular complexity index is 2050. The lowest BCUT2D eigenvalue weighted by Gasteiger charge is -2.10. The third-order valence-electron chi connectivity index (χ3n) is 6.56. The summed E-state index contributed by atoms with van der Waals surface area (Å²) in [5, 5.41) is 6.23. The molecule has 0 amide bonds. The van der Waals surface area contributed by atoms with Crippen LogP contribution in [0.25, 0.3) is 33.5 Å². The number of nitrogens with zero attached hydrogens (tertiary/aromatic N) is 3. The fourth-order valence-electron chi connectivity index (χ4n) is 4.55. The monoisotopic (exact) mass is 627 g/mol. The number of hydrogen-bond donors (Lipinski definition) is 0. The Kier molecular flexibility index (Phi) is 6.45. The molecule has 0 bridgehead atoms. The number of halogens is 2.